The second-order valence-corrected chi connectivity index (χ2v) is 6.06. The summed E-state index contributed by atoms with van der Waals surface area (Å²) in [6.45, 7) is 2.00. The van der Waals surface area contributed by atoms with Crippen LogP contribution < -0.4 is 11.3 Å². The van der Waals surface area contributed by atoms with Gasteiger partial charge in [0.15, 0.2) is 0 Å². The first-order chi connectivity index (χ1) is 9.02. The first-order valence-corrected chi connectivity index (χ1v) is 7.28. The zero-order valence-electron chi connectivity index (χ0n) is 10.3. The number of rotatable bonds is 3. The van der Waals surface area contributed by atoms with E-state index in [4.69, 9.17) is 5.84 Å². The molecule has 1 unspecified atom stereocenters. The molecule has 0 saturated heterocycles. The third-order valence-electron chi connectivity index (χ3n) is 2.90. The Kier molecular flexibility index (Phi) is 4.73. The lowest BCUT2D eigenvalue weighted by atomic mass is 9.98. The second-order valence-electron chi connectivity index (χ2n) is 4.29. The van der Waals surface area contributed by atoms with Crippen molar-refractivity contribution in [3.8, 4) is 0 Å². The van der Waals surface area contributed by atoms with Gasteiger partial charge in [-0.25, -0.2) is 9.82 Å². The van der Waals surface area contributed by atoms with E-state index in [1.807, 2.05) is 25.1 Å². The first kappa shape index (κ1) is 14.7. The van der Waals surface area contributed by atoms with Crippen LogP contribution >= 0.6 is 31.9 Å². The molecule has 0 saturated carbocycles. The van der Waals surface area contributed by atoms with Gasteiger partial charge in [-0.1, -0.05) is 44.0 Å². The van der Waals surface area contributed by atoms with E-state index in [0.29, 0.717) is 5.56 Å². The Morgan fingerprint density at radius 3 is 2.47 bits per heavy atom. The fourth-order valence-electron chi connectivity index (χ4n) is 1.95. The molecule has 0 aromatic heterocycles. The third-order valence-corrected chi connectivity index (χ3v) is 4.08. The van der Waals surface area contributed by atoms with E-state index >= 15 is 0 Å². The molecule has 0 spiro atoms. The van der Waals surface area contributed by atoms with Gasteiger partial charge >= 0.3 is 0 Å². The van der Waals surface area contributed by atoms with E-state index in [0.717, 1.165) is 20.1 Å². The summed E-state index contributed by atoms with van der Waals surface area (Å²) >= 11 is 6.85. The minimum absolute atomic E-state index is 0.293. The van der Waals surface area contributed by atoms with Gasteiger partial charge in [-0.3, -0.25) is 5.84 Å². The number of benzene rings is 2. The van der Waals surface area contributed by atoms with Crippen LogP contribution in [0.5, 0.6) is 0 Å². The largest absolute Gasteiger partial charge is 0.271 e. The molecule has 0 heterocycles. The molecule has 2 aromatic rings. The number of nitrogens with two attached hydrogens (primary N) is 1. The second kappa shape index (κ2) is 6.13. The smallest absolute Gasteiger partial charge is 0.128 e. The maximum Gasteiger partial charge on any atom is 0.128 e. The molecule has 0 bridgehead atoms. The van der Waals surface area contributed by atoms with Gasteiger partial charge in [0, 0.05) is 14.5 Å². The van der Waals surface area contributed by atoms with Crippen LogP contribution in [-0.4, -0.2) is 0 Å². The Labute approximate surface area is 128 Å². The van der Waals surface area contributed by atoms with E-state index in [-0.39, 0.29) is 5.82 Å². The van der Waals surface area contributed by atoms with E-state index < -0.39 is 6.04 Å². The van der Waals surface area contributed by atoms with Crippen molar-refractivity contribution in [3.63, 3.8) is 0 Å². The monoisotopic (exact) mass is 386 g/mol. The minimum Gasteiger partial charge on any atom is -0.271 e. The van der Waals surface area contributed by atoms with Crippen molar-refractivity contribution in [2.24, 2.45) is 5.84 Å². The summed E-state index contributed by atoms with van der Waals surface area (Å²) in [5.74, 6) is 5.32. The van der Waals surface area contributed by atoms with Gasteiger partial charge in [-0.05, 0) is 42.3 Å². The van der Waals surface area contributed by atoms with Crippen LogP contribution in [0.3, 0.4) is 0 Å². The predicted molar refractivity (Wildman–Crippen MR) is 82.1 cm³/mol. The Balaban J connectivity index is 2.52. The zero-order valence-corrected chi connectivity index (χ0v) is 13.4. The van der Waals surface area contributed by atoms with E-state index in [2.05, 4.69) is 37.3 Å². The maximum atomic E-state index is 14.0. The average Bonchev–Trinajstić information content (AvgIpc) is 2.36. The van der Waals surface area contributed by atoms with Crippen molar-refractivity contribution in [3.05, 3.63) is 67.9 Å². The lowest BCUT2D eigenvalue weighted by molar-refractivity contribution is 0.558. The Morgan fingerprint density at radius 2 is 1.84 bits per heavy atom. The molecule has 100 valence electrons. The SMILES string of the molecule is Cc1ccc(C(NN)c2cc(Br)ccc2F)c(Br)c1. The normalized spacial score (nSPS) is 12.5. The average molecular weight is 388 g/mol. The van der Waals surface area contributed by atoms with Gasteiger partial charge < -0.3 is 0 Å². The van der Waals surface area contributed by atoms with Crippen molar-refractivity contribution in [2.45, 2.75) is 13.0 Å². The number of aryl methyl sites for hydroxylation is 1. The highest BCUT2D eigenvalue weighted by Gasteiger charge is 2.19. The van der Waals surface area contributed by atoms with Gasteiger partial charge in [0.05, 0.1) is 6.04 Å². The van der Waals surface area contributed by atoms with Crippen molar-refractivity contribution in [2.75, 3.05) is 0 Å². The van der Waals surface area contributed by atoms with Crippen molar-refractivity contribution < 1.29 is 4.39 Å². The summed E-state index contributed by atoms with van der Waals surface area (Å²) in [7, 11) is 0. The first-order valence-electron chi connectivity index (χ1n) is 5.70. The van der Waals surface area contributed by atoms with Crippen molar-refractivity contribution >= 4 is 31.9 Å². The van der Waals surface area contributed by atoms with Crippen LogP contribution in [0.2, 0.25) is 0 Å². The fraction of sp³-hybridized carbons (Fsp3) is 0.143. The molecule has 5 heteroatoms. The molecule has 0 aliphatic rings. The molecule has 0 aliphatic heterocycles. The van der Waals surface area contributed by atoms with Crippen LogP contribution in [0.15, 0.2) is 45.3 Å². The molecule has 1 atom stereocenters. The summed E-state index contributed by atoms with van der Waals surface area (Å²) in [5, 5.41) is 0. The number of halogens is 3. The quantitative estimate of drug-likeness (QED) is 0.611. The van der Waals surface area contributed by atoms with E-state index in [1.165, 1.54) is 6.07 Å². The predicted octanol–water partition coefficient (Wildman–Crippen LogP) is 4.21. The van der Waals surface area contributed by atoms with Gasteiger partial charge in [0.2, 0.25) is 0 Å². The number of hydrogen-bond donors (Lipinski definition) is 2. The fourth-order valence-corrected chi connectivity index (χ4v) is 3.05. The highest BCUT2D eigenvalue weighted by atomic mass is 79.9. The molecule has 2 rings (SSSR count). The lowest BCUT2D eigenvalue weighted by Gasteiger charge is -2.19. The van der Waals surface area contributed by atoms with Crippen LogP contribution in [-0.2, 0) is 0 Å². The van der Waals surface area contributed by atoms with E-state index in [9.17, 15) is 4.39 Å². The molecule has 0 aliphatic carbocycles. The number of nitrogens with one attached hydrogen (secondary N) is 1. The van der Waals surface area contributed by atoms with Crippen LogP contribution in [0.25, 0.3) is 0 Å². The van der Waals surface area contributed by atoms with Gasteiger partial charge in [0.1, 0.15) is 5.82 Å². The van der Waals surface area contributed by atoms with Crippen LogP contribution in [0.4, 0.5) is 4.39 Å². The minimum atomic E-state index is -0.410. The number of hydrogen-bond acceptors (Lipinski definition) is 2. The van der Waals surface area contributed by atoms with Gasteiger partial charge in [-0.15, -0.1) is 0 Å². The molecule has 2 nitrogen and oxygen atoms in total. The molecular formula is C14H13Br2FN2. The highest BCUT2D eigenvalue weighted by Crippen LogP contribution is 2.31. The third kappa shape index (κ3) is 3.23. The molecule has 0 amide bonds. The van der Waals surface area contributed by atoms with Gasteiger partial charge in [-0.2, -0.15) is 0 Å². The van der Waals surface area contributed by atoms with Crippen LogP contribution in [0, 0.1) is 12.7 Å². The molecule has 3 N–H and O–H groups in total. The highest BCUT2D eigenvalue weighted by molar-refractivity contribution is 9.10. The van der Waals surface area contributed by atoms with Crippen LogP contribution in [0.1, 0.15) is 22.7 Å². The standard InChI is InChI=1S/C14H13Br2FN2/c1-8-2-4-10(12(16)6-8)14(19-18)11-7-9(15)3-5-13(11)17/h2-7,14,19H,18H2,1H3. The van der Waals surface area contributed by atoms with E-state index in [1.54, 1.807) is 12.1 Å². The molecule has 2 aromatic carbocycles. The van der Waals surface area contributed by atoms with Gasteiger partial charge in [0.25, 0.3) is 0 Å². The molecular weight excluding hydrogens is 375 g/mol. The lowest BCUT2D eigenvalue weighted by Crippen LogP contribution is -2.29. The maximum absolute atomic E-state index is 14.0. The Hall–Kier alpha value is -0.750. The van der Waals surface area contributed by atoms with Crippen molar-refractivity contribution in [1.82, 2.24) is 5.43 Å². The van der Waals surface area contributed by atoms with Crippen molar-refractivity contribution in [1.29, 1.82) is 0 Å². The zero-order chi connectivity index (χ0) is 14.0. The number of hydrazine groups is 1. The molecule has 0 radical (unpaired) electrons. The molecule has 0 fully saturated rings. The summed E-state index contributed by atoms with van der Waals surface area (Å²) in [6, 6.07) is 10.3. The summed E-state index contributed by atoms with van der Waals surface area (Å²) in [6.07, 6.45) is 0. The Morgan fingerprint density at radius 1 is 1.11 bits per heavy atom. The summed E-state index contributed by atoms with van der Waals surface area (Å²) in [5.41, 5.74) is 5.19. The summed E-state index contributed by atoms with van der Waals surface area (Å²) in [4.78, 5) is 0. The summed E-state index contributed by atoms with van der Waals surface area (Å²) < 4.78 is 15.7. The Bertz CT molecular complexity index is 602. The molecule has 19 heavy (non-hydrogen) atoms. The topological polar surface area (TPSA) is 38.0 Å².